The second-order valence-corrected chi connectivity index (χ2v) is 5.27. The molecule has 6 heteroatoms. The monoisotopic (exact) mass is 276 g/mol. The van der Waals surface area contributed by atoms with Crippen molar-refractivity contribution in [3.63, 3.8) is 0 Å². The second-order valence-electron chi connectivity index (χ2n) is 5.27. The molecule has 0 saturated heterocycles. The molecule has 1 saturated carbocycles. The first-order chi connectivity index (χ1) is 10.3. The van der Waals surface area contributed by atoms with Crippen LogP contribution >= 0.6 is 0 Å². The summed E-state index contributed by atoms with van der Waals surface area (Å²) >= 11 is 0. The number of aromatic nitrogens is 5. The number of hydrogen-bond donors (Lipinski definition) is 0. The Morgan fingerprint density at radius 3 is 2.86 bits per heavy atom. The Morgan fingerprint density at radius 1 is 1.29 bits per heavy atom. The molecule has 1 aliphatic rings. The van der Waals surface area contributed by atoms with E-state index in [1.807, 2.05) is 19.1 Å². The fraction of sp³-hybridized carbons (Fsp3) is 0.267. The number of aryl methyl sites for hydroxylation is 1. The molecule has 0 aromatic carbocycles. The molecule has 0 atom stereocenters. The van der Waals surface area contributed by atoms with Crippen LogP contribution in [-0.2, 0) is 0 Å². The lowest BCUT2D eigenvalue weighted by molar-refractivity contribution is 0.764. The van der Waals surface area contributed by atoms with Gasteiger partial charge in [0.05, 0.1) is 11.9 Å². The number of imidazole rings is 1. The molecule has 102 valence electrons. The van der Waals surface area contributed by atoms with Crippen molar-refractivity contribution >= 4 is 11.2 Å². The third-order valence-corrected chi connectivity index (χ3v) is 3.60. The van der Waals surface area contributed by atoms with E-state index in [2.05, 4.69) is 30.8 Å². The van der Waals surface area contributed by atoms with Crippen LogP contribution in [0, 0.1) is 18.3 Å². The van der Waals surface area contributed by atoms with Gasteiger partial charge in [-0.05, 0) is 38.0 Å². The molecular formula is C15H12N6. The maximum Gasteiger partial charge on any atom is 0.162 e. The molecule has 21 heavy (non-hydrogen) atoms. The summed E-state index contributed by atoms with van der Waals surface area (Å²) in [5.74, 6) is 0.855. The summed E-state index contributed by atoms with van der Waals surface area (Å²) in [4.78, 5) is 9.11. The van der Waals surface area contributed by atoms with Crippen molar-refractivity contribution in [2.24, 2.45) is 0 Å². The number of fused-ring (bicyclic) bond motifs is 1. The van der Waals surface area contributed by atoms with E-state index in [0.717, 1.165) is 41.1 Å². The van der Waals surface area contributed by atoms with Crippen molar-refractivity contribution < 1.29 is 0 Å². The van der Waals surface area contributed by atoms with Crippen LogP contribution < -0.4 is 0 Å². The van der Waals surface area contributed by atoms with Crippen molar-refractivity contribution in [3.8, 4) is 17.5 Å². The minimum absolute atomic E-state index is 0.417. The summed E-state index contributed by atoms with van der Waals surface area (Å²) in [6.07, 6.45) is 3.96. The van der Waals surface area contributed by atoms with Gasteiger partial charge in [0.2, 0.25) is 0 Å². The first kappa shape index (κ1) is 12.0. The number of nitrogens with zero attached hydrogens (tertiary/aromatic N) is 6. The van der Waals surface area contributed by atoms with Crippen LogP contribution in [0.4, 0.5) is 0 Å². The number of rotatable bonds is 2. The summed E-state index contributed by atoms with van der Waals surface area (Å²) in [5, 5.41) is 17.0. The van der Waals surface area contributed by atoms with Crippen LogP contribution in [0.25, 0.3) is 22.6 Å². The molecule has 3 aromatic heterocycles. The molecule has 0 radical (unpaired) electrons. The molecule has 0 unspecified atom stereocenters. The highest BCUT2D eigenvalue weighted by atomic mass is 15.2. The van der Waals surface area contributed by atoms with E-state index < -0.39 is 0 Å². The van der Waals surface area contributed by atoms with E-state index in [4.69, 9.17) is 5.26 Å². The standard InChI is InChI=1S/C15H12N6/c1-9-6-10(8-17-20-9)14-19-13-5-2-11(7-16)18-15(13)21(14)12-3-4-12/h2,5-6,8,12H,3-4H2,1H3. The maximum absolute atomic E-state index is 9.04. The molecule has 0 aliphatic heterocycles. The highest BCUT2D eigenvalue weighted by molar-refractivity contribution is 5.78. The number of pyridine rings is 1. The third kappa shape index (κ3) is 1.94. The maximum atomic E-state index is 9.04. The van der Waals surface area contributed by atoms with E-state index in [1.54, 1.807) is 12.3 Å². The number of nitriles is 1. The lowest BCUT2D eigenvalue weighted by Gasteiger charge is -2.06. The Labute approximate surface area is 121 Å². The van der Waals surface area contributed by atoms with Crippen molar-refractivity contribution in [1.29, 1.82) is 5.26 Å². The van der Waals surface area contributed by atoms with Gasteiger partial charge >= 0.3 is 0 Å². The summed E-state index contributed by atoms with van der Waals surface area (Å²) in [6, 6.07) is 8.03. The largest absolute Gasteiger partial charge is 0.305 e. The molecule has 1 aliphatic carbocycles. The van der Waals surface area contributed by atoms with Crippen molar-refractivity contribution in [2.45, 2.75) is 25.8 Å². The van der Waals surface area contributed by atoms with Gasteiger partial charge in [0.15, 0.2) is 5.65 Å². The smallest absolute Gasteiger partial charge is 0.162 e. The molecule has 1 fully saturated rings. The molecule has 0 bridgehead atoms. The summed E-state index contributed by atoms with van der Waals surface area (Å²) in [7, 11) is 0. The normalized spacial score (nSPS) is 14.3. The van der Waals surface area contributed by atoms with Crippen molar-refractivity contribution in [1.82, 2.24) is 24.7 Å². The zero-order valence-electron chi connectivity index (χ0n) is 11.5. The fourth-order valence-corrected chi connectivity index (χ4v) is 2.51. The van der Waals surface area contributed by atoms with Gasteiger partial charge in [-0.1, -0.05) is 0 Å². The zero-order chi connectivity index (χ0) is 14.4. The average Bonchev–Trinajstić information content (AvgIpc) is 3.26. The quantitative estimate of drug-likeness (QED) is 0.718. The predicted octanol–water partition coefficient (Wildman–Crippen LogP) is 2.40. The lowest BCUT2D eigenvalue weighted by Crippen LogP contribution is -2.00. The molecule has 3 aromatic rings. The van der Waals surface area contributed by atoms with Gasteiger partial charge in [-0.2, -0.15) is 15.5 Å². The van der Waals surface area contributed by atoms with Gasteiger partial charge in [0, 0.05) is 11.6 Å². The van der Waals surface area contributed by atoms with E-state index in [-0.39, 0.29) is 0 Å². The Bertz CT molecular complexity index is 885. The van der Waals surface area contributed by atoms with E-state index >= 15 is 0 Å². The Balaban J connectivity index is 2.00. The second kappa shape index (κ2) is 4.35. The zero-order valence-corrected chi connectivity index (χ0v) is 11.5. The fourth-order valence-electron chi connectivity index (χ4n) is 2.51. The lowest BCUT2D eigenvalue weighted by atomic mass is 10.2. The van der Waals surface area contributed by atoms with E-state index in [0.29, 0.717) is 11.7 Å². The minimum atomic E-state index is 0.417. The summed E-state index contributed by atoms with van der Waals surface area (Å²) in [6.45, 7) is 1.91. The van der Waals surface area contributed by atoms with Gasteiger partial charge < -0.3 is 4.57 Å². The van der Waals surface area contributed by atoms with Gasteiger partial charge in [0.1, 0.15) is 23.1 Å². The van der Waals surface area contributed by atoms with Crippen molar-refractivity contribution in [3.05, 3.63) is 35.8 Å². The molecule has 0 N–H and O–H groups in total. The van der Waals surface area contributed by atoms with Crippen LogP contribution in [0.5, 0.6) is 0 Å². The summed E-state index contributed by atoms with van der Waals surface area (Å²) < 4.78 is 2.13. The minimum Gasteiger partial charge on any atom is -0.305 e. The van der Waals surface area contributed by atoms with Crippen molar-refractivity contribution in [2.75, 3.05) is 0 Å². The van der Waals surface area contributed by atoms with Gasteiger partial charge in [-0.15, -0.1) is 0 Å². The predicted molar refractivity (Wildman–Crippen MR) is 76.3 cm³/mol. The Hall–Kier alpha value is -2.81. The molecular weight excluding hydrogens is 264 g/mol. The first-order valence-corrected chi connectivity index (χ1v) is 6.85. The van der Waals surface area contributed by atoms with Crippen LogP contribution in [0.15, 0.2) is 24.4 Å². The Morgan fingerprint density at radius 2 is 2.14 bits per heavy atom. The topological polar surface area (TPSA) is 80.3 Å². The average molecular weight is 276 g/mol. The molecule has 6 nitrogen and oxygen atoms in total. The third-order valence-electron chi connectivity index (χ3n) is 3.60. The molecule has 0 spiro atoms. The van der Waals surface area contributed by atoms with Gasteiger partial charge in [-0.3, -0.25) is 0 Å². The summed E-state index contributed by atoms with van der Waals surface area (Å²) in [5.41, 5.74) is 3.80. The van der Waals surface area contributed by atoms with Crippen LogP contribution in [-0.4, -0.2) is 24.7 Å². The van der Waals surface area contributed by atoms with Gasteiger partial charge in [0.25, 0.3) is 0 Å². The van der Waals surface area contributed by atoms with Gasteiger partial charge in [-0.25, -0.2) is 9.97 Å². The van der Waals surface area contributed by atoms with E-state index in [1.165, 1.54) is 0 Å². The SMILES string of the molecule is Cc1cc(-c2nc3ccc(C#N)nc3n2C2CC2)cnn1. The number of hydrogen-bond acceptors (Lipinski definition) is 5. The highest BCUT2D eigenvalue weighted by Gasteiger charge is 2.29. The first-order valence-electron chi connectivity index (χ1n) is 6.85. The highest BCUT2D eigenvalue weighted by Crippen LogP contribution is 2.40. The Kier molecular flexibility index (Phi) is 2.48. The molecule has 3 heterocycles. The van der Waals surface area contributed by atoms with E-state index in [9.17, 15) is 0 Å². The van der Waals surface area contributed by atoms with Crippen LogP contribution in [0.2, 0.25) is 0 Å². The van der Waals surface area contributed by atoms with Crippen LogP contribution in [0.3, 0.4) is 0 Å². The molecule has 0 amide bonds. The van der Waals surface area contributed by atoms with Crippen LogP contribution in [0.1, 0.15) is 30.3 Å². The molecule has 4 rings (SSSR count).